The number of hydrogen-bond acceptors (Lipinski definition) is 4. The standard InChI is InChI=1S/C23H21F3N2O4S/c1-32-19-13-11-18(12-14-19)27-22(29)16-28(15-17-7-3-2-4-8-17)33(30,31)21-10-6-5-9-20(21)23(24,25)26/h2-14H,15-16H2,1H3,(H,27,29). The average Bonchev–Trinajstić information content (AvgIpc) is 2.79. The largest absolute Gasteiger partial charge is 0.497 e. The lowest BCUT2D eigenvalue weighted by atomic mass is 10.2. The van der Waals surface area contributed by atoms with Gasteiger partial charge in [-0.3, -0.25) is 4.79 Å². The molecule has 0 radical (unpaired) electrons. The number of alkyl halides is 3. The van der Waals surface area contributed by atoms with Crippen molar-refractivity contribution in [2.24, 2.45) is 0 Å². The van der Waals surface area contributed by atoms with Crippen LogP contribution >= 0.6 is 0 Å². The number of rotatable bonds is 8. The highest BCUT2D eigenvalue weighted by molar-refractivity contribution is 7.89. The molecule has 0 saturated carbocycles. The van der Waals surface area contributed by atoms with Gasteiger partial charge in [0.15, 0.2) is 0 Å². The molecular weight excluding hydrogens is 457 g/mol. The van der Waals surface area contributed by atoms with Crippen molar-refractivity contribution in [2.75, 3.05) is 19.0 Å². The fraction of sp³-hybridized carbons (Fsp3) is 0.174. The van der Waals surface area contributed by atoms with Crippen molar-refractivity contribution < 1.29 is 31.1 Å². The number of anilines is 1. The predicted molar refractivity (Wildman–Crippen MR) is 117 cm³/mol. The molecule has 3 rings (SSSR count). The molecule has 0 bridgehead atoms. The summed E-state index contributed by atoms with van der Waals surface area (Å²) >= 11 is 0. The first-order valence-electron chi connectivity index (χ1n) is 9.75. The molecule has 3 aromatic rings. The number of ether oxygens (including phenoxy) is 1. The number of methoxy groups -OCH3 is 1. The summed E-state index contributed by atoms with van der Waals surface area (Å²) in [6.07, 6.45) is -4.88. The second kappa shape index (κ2) is 10.1. The molecule has 0 saturated heterocycles. The number of benzene rings is 3. The molecule has 3 aromatic carbocycles. The Morgan fingerprint density at radius 1 is 0.939 bits per heavy atom. The maximum absolute atomic E-state index is 13.5. The topological polar surface area (TPSA) is 75.7 Å². The third kappa shape index (κ3) is 6.11. The van der Waals surface area contributed by atoms with Crippen LogP contribution in [-0.2, 0) is 27.5 Å². The molecule has 0 unspecified atom stereocenters. The molecule has 33 heavy (non-hydrogen) atoms. The smallest absolute Gasteiger partial charge is 0.417 e. The minimum atomic E-state index is -4.88. The van der Waals surface area contributed by atoms with Crippen molar-refractivity contribution in [2.45, 2.75) is 17.6 Å². The summed E-state index contributed by atoms with van der Waals surface area (Å²) in [5.74, 6) is -0.144. The Balaban J connectivity index is 1.93. The summed E-state index contributed by atoms with van der Waals surface area (Å²) in [7, 11) is -3.19. The van der Waals surface area contributed by atoms with Gasteiger partial charge in [-0.25, -0.2) is 8.42 Å². The van der Waals surface area contributed by atoms with Crippen LogP contribution in [0.25, 0.3) is 0 Å². The lowest BCUT2D eigenvalue weighted by Crippen LogP contribution is -2.38. The van der Waals surface area contributed by atoms with Crippen molar-refractivity contribution in [1.29, 1.82) is 0 Å². The van der Waals surface area contributed by atoms with Gasteiger partial charge < -0.3 is 10.1 Å². The number of nitrogens with zero attached hydrogens (tertiary/aromatic N) is 1. The lowest BCUT2D eigenvalue weighted by Gasteiger charge is -2.24. The van der Waals surface area contributed by atoms with E-state index in [9.17, 15) is 26.4 Å². The van der Waals surface area contributed by atoms with E-state index in [2.05, 4.69) is 5.32 Å². The van der Waals surface area contributed by atoms with Gasteiger partial charge in [0.1, 0.15) is 5.75 Å². The zero-order valence-electron chi connectivity index (χ0n) is 17.5. The van der Waals surface area contributed by atoms with E-state index >= 15 is 0 Å². The van der Waals surface area contributed by atoms with Crippen molar-refractivity contribution >= 4 is 21.6 Å². The molecule has 0 fully saturated rings. The highest BCUT2D eigenvalue weighted by atomic mass is 32.2. The molecule has 1 amide bonds. The zero-order valence-corrected chi connectivity index (χ0v) is 18.4. The van der Waals surface area contributed by atoms with Crippen LogP contribution in [0.5, 0.6) is 5.75 Å². The number of carbonyl (C=O) groups excluding carboxylic acids is 1. The van der Waals surface area contributed by atoms with E-state index in [1.54, 1.807) is 54.6 Å². The fourth-order valence-corrected chi connectivity index (χ4v) is 4.71. The molecule has 0 aliphatic carbocycles. The number of amides is 1. The summed E-state index contributed by atoms with van der Waals surface area (Å²) in [4.78, 5) is 11.7. The monoisotopic (exact) mass is 478 g/mol. The van der Waals surface area contributed by atoms with Gasteiger partial charge in [-0.05, 0) is 42.0 Å². The van der Waals surface area contributed by atoms with Crippen molar-refractivity contribution in [3.05, 3.63) is 90.0 Å². The highest BCUT2D eigenvalue weighted by Gasteiger charge is 2.39. The Bertz CT molecular complexity index is 1200. The lowest BCUT2D eigenvalue weighted by molar-refractivity contribution is -0.139. The van der Waals surface area contributed by atoms with Gasteiger partial charge >= 0.3 is 6.18 Å². The normalized spacial score (nSPS) is 11.9. The minimum Gasteiger partial charge on any atom is -0.497 e. The first-order chi connectivity index (χ1) is 15.6. The number of carbonyl (C=O) groups is 1. The van der Waals surface area contributed by atoms with Crippen LogP contribution in [0.2, 0.25) is 0 Å². The molecule has 0 spiro atoms. The molecule has 6 nitrogen and oxygen atoms in total. The SMILES string of the molecule is COc1ccc(NC(=O)CN(Cc2ccccc2)S(=O)(=O)c2ccccc2C(F)(F)F)cc1. The number of hydrogen-bond donors (Lipinski definition) is 1. The zero-order chi connectivity index (χ0) is 24.1. The van der Waals surface area contributed by atoms with Crippen LogP contribution in [0.4, 0.5) is 18.9 Å². The van der Waals surface area contributed by atoms with Crippen LogP contribution in [0.3, 0.4) is 0 Å². The van der Waals surface area contributed by atoms with Crippen LogP contribution in [0.1, 0.15) is 11.1 Å². The molecule has 0 aliphatic heterocycles. The first kappa shape index (κ1) is 24.3. The van der Waals surface area contributed by atoms with Crippen molar-refractivity contribution in [3.8, 4) is 5.75 Å². The summed E-state index contributed by atoms with van der Waals surface area (Å²) < 4.78 is 72.9. The summed E-state index contributed by atoms with van der Waals surface area (Å²) in [6.45, 7) is -0.971. The summed E-state index contributed by atoms with van der Waals surface area (Å²) in [5.41, 5.74) is -0.394. The van der Waals surface area contributed by atoms with Gasteiger partial charge in [0.2, 0.25) is 15.9 Å². The van der Waals surface area contributed by atoms with Gasteiger partial charge in [0.25, 0.3) is 0 Å². The van der Waals surface area contributed by atoms with Gasteiger partial charge in [0.05, 0.1) is 24.1 Å². The van der Waals surface area contributed by atoms with Crippen LogP contribution in [0, 0.1) is 0 Å². The summed E-state index contributed by atoms with van der Waals surface area (Å²) in [5, 5.41) is 2.56. The van der Waals surface area contributed by atoms with Crippen LogP contribution in [0.15, 0.2) is 83.8 Å². The Kier molecular flexibility index (Phi) is 7.39. The van der Waals surface area contributed by atoms with Gasteiger partial charge in [-0.2, -0.15) is 17.5 Å². The Labute approximate surface area is 189 Å². The second-order valence-electron chi connectivity index (χ2n) is 7.03. The quantitative estimate of drug-likeness (QED) is 0.516. The average molecular weight is 478 g/mol. The van der Waals surface area contributed by atoms with E-state index in [4.69, 9.17) is 4.74 Å². The van der Waals surface area contributed by atoms with Crippen LogP contribution < -0.4 is 10.1 Å². The molecule has 10 heteroatoms. The van der Waals surface area contributed by atoms with Gasteiger partial charge in [-0.1, -0.05) is 42.5 Å². The third-order valence-corrected chi connectivity index (χ3v) is 6.56. The second-order valence-corrected chi connectivity index (χ2v) is 8.94. The first-order valence-corrected chi connectivity index (χ1v) is 11.2. The molecular formula is C23H21F3N2O4S. The molecule has 0 atom stereocenters. The number of nitrogens with one attached hydrogen (secondary N) is 1. The maximum atomic E-state index is 13.5. The minimum absolute atomic E-state index is 0.286. The van der Waals surface area contributed by atoms with E-state index in [0.717, 1.165) is 16.4 Å². The Morgan fingerprint density at radius 2 is 1.55 bits per heavy atom. The van der Waals surface area contributed by atoms with Crippen molar-refractivity contribution in [3.63, 3.8) is 0 Å². The van der Waals surface area contributed by atoms with E-state index in [-0.39, 0.29) is 6.54 Å². The summed E-state index contributed by atoms with van der Waals surface area (Å²) in [6, 6.07) is 18.5. The van der Waals surface area contributed by atoms with E-state index < -0.39 is 39.1 Å². The van der Waals surface area contributed by atoms with Crippen LogP contribution in [-0.4, -0.2) is 32.3 Å². The number of halogens is 3. The molecule has 0 aliphatic rings. The molecule has 0 aromatic heterocycles. The van der Waals surface area contributed by atoms with E-state index in [1.807, 2.05) is 0 Å². The fourth-order valence-electron chi connectivity index (χ4n) is 3.11. The molecule has 1 N–H and O–H groups in total. The molecule has 174 valence electrons. The van der Waals surface area contributed by atoms with Crippen molar-refractivity contribution in [1.82, 2.24) is 4.31 Å². The predicted octanol–water partition coefficient (Wildman–Crippen LogP) is 4.54. The van der Waals surface area contributed by atoms with Gasteiger partial charge in [0, 0.05) is 12.2 Å². The Hall–Kier alpha value is -3.37. The van der Waals surface area contributed by atoms with E-state index in [1.165, 1.54) is 13.2 Å². The maximum Gasteiger partial charge on any atom is 0.417 e. The highest BCUT2D eigenvalue weighted by Crippen LogP contribution is 2.35. The van der Waals surface area contributed by atoms with E-state index in [0.29, 0.717) is 23.1 Å². The third-order valence-electron chi connectivity index (χ3n) is 4.71. The van der Waals surface area contributed by atoms with Gasteiger partial charge in [-0.15, -0.1) is 0 Å². The Morgan fingerprint density at radius 3 is 2.15 bits per heavy atom. The molecule has 0 heterocycles. The number of sulfonamides is 1.